The van der Waals surface area contributed by atoms with E-state index in [0.29, 0.717) is 24.4 Å². The highest BCUT2D eigenvalue weighted by Crippen LogP contribution is 2.38. The van der Waals surface area contributed by atoms with Gasteiger partial charge in [-0.3, -0.25) is 4.79 Å². The van der Waals surface area contributed by atoms with Crippen LogP contribution in [0.3, 0.4) is 0 Å². The van der Waals surface area contributed by atoms with Gasteiger partial charge in [0.25, 0.3) is 5.91 Å². The number of hydrogen-bond donors (Lipinski definition) is 3. The number of nitrogens with zero attached hydrogens (tertiary/aromatic N) is 1. The van der Waals surface area contributed by atoms with Crippen molar-refractivity contribution in [1.29, 1.82) is 0 Å². The zero-order chi connectivity index (χ0) is 21.7. The number of fused-ring (bicyclic) bond motifs is 2. The molecule has 2 aliphatic carbocycles. The molecule has 162 valence electrons. The molecule has 6 heteroatoms. The van der Waals surface area contributed by atoms with E-state index in [2.05, 4.69) is 38.2 Å². The maximum atomic E-state index is 12.1. The first-order valence-corrected chi connectivity index (χ1v) is 11.6. The summed E-state index contributed by atoms with van der Waals surface area (Å²) in [4.78, 5) is 18.6. The first kappa shape index (κ1) is 22.5. The summed E-state index contributed by atoms with van der Waals surface area (Å²) >= 11 is 1.47. The average Bonchev–Trinajstić information content (AvgIpc) is 3.13. The molecule has 0 saturated heterocycles. The van der Waals surface area contributed by atoms with Crippen LogP contribution in [0, 0.1) is 11.3 Å². The van der Waals surface area contributed by atoms with Gasteiger partial charge in [-0.1, -0.05) is 32.9 Å². The number of nitrogens with one attached hydrogen (secondary N) is 1. The van der Waals surface area contributed by atoms with Crippen LogP contribution in [0.1, 0.15) is 61.0 Å². The largest absolute Gasteiger partial charge is 0.402 e. The molecular formula is C24H34N4OS. The van der Waals surface area contributed by atoms with E-state index in [9.17, 15) is 4.79 Å². The van der Waals surface area contributed by atoms with Crippen LogP contribution in [0.15, 0.2) is 36.1 Å². The number of aromatic nitrogens is 1. The minimum absolute atomic E-state index is 0.0519. The lowest BCUT2D eigenvalue weighted by Crippen LogP contribution is -2.28. The van der Waals surface area contributed by atoms with Gasteiger partial charge in [-0.05, 0) is 67.2 Å². The van der Waals surface area contributed by atoms with Gasteiger partial charge >= 0.3 is 0 Å². The van der Waals surface area contributed by atoms with Crippen molar-refractivity contribution >= 4 is 27.5 Å². The smallest absolute Gasteiger partial charge is 0.261 e. The summed E-state index contributed by atoms with van der Waals surface area (Å²) in [6, 6.07) is 4.20. The molecule has 0 aromatic carbocycles. The molecule has 2 aromatic heterocycles. The zero-order valence-electron chi connectivity index (χ0n) is 18.3. The standard InChI is InChI=1S/C18H25N3OS.C6H9N/c1-18(2,3)13-4-5-14-11(9-13)8-12-10-15(23-17(12)21-14)16(22)20-7-6-19;7-6-4-2-1-3-5-6/h8,10,13H,4-7,9,19H2,1-3H3,(H,20,22);1-2,4H,3,5,7H2. The van der Waals surface area contributed by atoms with Gasteiger partial charge < -0.3 is 16.8 Å². The Balaban J connectivity index is 0.000000310. The summed E-state index contributed by atoms with van der Waals surface area (Å²) in [5, 5.41) is 3.91. The predicted molar refractivity (Wildman–Crippen MR) is 127 cm³/mol. The molecule has 5 N–H and O–H groups in total. The number of allylic oxidation sites excluding steroid dienone is 4. The van der Waals surface area contributed by atoms with Crippen LogP contribution in [0.2, 0.25) is 0 Å². The van der Waals surface area contributed by atoms with Gasteiger partial charge in [0.05, 0.1) is 4.88 Å². The topological polar surface area (TPSA) is 94.0 Å². The second-order valence-corrected chi connectivity index (χ2v) is 10.2. The van der Waals surface area contributed by atoms with Crippen molar-refractivity contribution < 1.29 is 4.79 Å². The second kappa shape index (κ2) is 9.75. The van der Waals surface area contributed by atoms with E-state index in [4.69, 9.17) is 16.5 Å². The lowest BCUT2D eigenvalue weighted by atomic mass is 9.71. The zero-order valence-corrected chi connectivity index (χ0v) is 19.1. The summed E-state index contributed by atoms with van der Waals surface area (Å²) in [6.07, 6.45) is 11.5. The highest BCUT2D eigenvalue weighted by molar-refractivity contribution is 7.20. The van der Waals surface area contributed by atoms with E-state index in [1.165, 1.54) is 29.0 Å². The second-order valence-electron chi connectivity index (χ2n) is 9.16. The minimum Gasteiger partial charge on any atom is -0.402 e. The quantitative estimate of drug-likeness (QED) is 0.681. The highest BCUT2D eigenvalue weighted by atomic mass is 32.1. The van der Waals surface area contributed by atoms with Crippen LogP contribution >= 0.6 is 11.3 Å². The summed E-state index contributed by atoms with van der Waals surface area (Å²) in [7, 11) is 0. The third-order valence-corrected chi connectivity index (χ3v) is 6.84. The first-order chi connectivity index (χ1) is 14.3. The molecule has 2 heterocycles. The van der Waals surface area contributed by atoms with Gasteiger partial charge in [0.15, 0.2) is 0 Å². The SMILES string of the molecule is CC(C)(C)C1CCc2nc3sc(C(=O)NCCN)cc3cc2C1.NC1=CC=CCC1. The Kier molecular flexibility index (Phi) is 7.32. The summed E-state index contributed by atoms with van der Waals surface area (Å²) in [5.41, 5.74) is 14.8. The lowest BCUT2D eigenvalue weighted by molar-refractivity contribution is 0.0959. The van der Waals surface area contributed by atoms with E-state index in [0.717, 1.165) is 46.5 Å². The third kappa shape index (κ3) is 5.70. The summed E-state index contributed by atoms with van der Waals surface area (Å²) < 4.78 is 0. The Hall–Kier alpha value is -2.18. The van der Waals surface area contributed by atoms with Crippen molar-refractivity contribution in [3.63, 3.8) is 0 Å². The van der Waals surface area contributed by atoms with Crippen LogP contribution < -0.4 is 16.8 Å². The van der Waals surface area contributed by atoms with E-state index in [1.807, 2.05) is 18.2 Å². The molecule has 0 fully saturated rings. The minimum atomic E-state index is -0.0519. The molecule has 2 aliphatic rings. The maximum absolute atomic E-state index is 12.1. The van der Waals surface area contributed by atoms with Crippen molar-refractivity contribution in [3.05, 3.63) is 52.2 Å². The summed E-state index contributed by atoms with van der Waals surface area (Å²) in [5.74, 6) is 0.643. The maximum Gasteiger partial charge on any atom is 0.261 e. The van der Waals surface area contributed by atoms with Gasteiger partial charge in [-0.15, -0.1) is 11.3 Å². The molecule has 1 atom stereocenters. The van der Waals surface area contributed by atoms with Crippen molar-refractivity contribution in [2.24, 2.45) is 22.8 Å². The number of nitrogens with two attached hydrogens (primary N) is 2. The Morgan fingerprint density at radius 2 is 2.10 bits per heavy atom. The van der Waals surface area contributed by atoms with Crippen LogP contribution in [-0.4, -0.2) is 24.0 Å². The number of thiophene rings is 1. The van der Waals surface area contributed by atoms with Gasteiger partial charge in [0.2, 0.25) is 0 Å². The third-order valence-electron chi connectivity index (χ3n) is 5.80. The fourth-order valence-electron chi connectivity index (χ4n) is 3.87. The van der Waals surface area contributed by atoms with E-state index < -0.39 is 0 Å². The van der Waals surface area contributed by atoms with Gasteiger partial charge in [-0.25, -0.2) is 4.98 Å². The van der Waals surface area contributed by atoms with Gasteiger partial charge in [-0.2, -0.15) is 0 Å². The lowest BCUT2D eigenvalue weighted by Gasteiger charge is -2.34. The molecule has 2 aromatic rings. The van der Waals surface area contributed by atoms with Gasteiger partial charge in [0.1, 0.15) is 4.83 Å². The number of amides is 1. The van der Waals surface area contributed by atoms with Crippen LogP contribution in [-0.2, 0) is 12.8 Å². The molecule has 0 saturated carbocycles. The van der Waals surface area contributed by atoms with Crippen LogP contribution in [0.4, 0.5) is 0 Å². The van der Waals surface area contributed by atoms with Crippen LogP contribution in [0.5, 0.6) is 0 Å². The Morgan fingerprint density at radius 3 is 2.70 bits per heavy atom. The average molecular weight is 427 g/mol. The number of carbonyl (C=O) groups excluding carboxylic acids is 1. The van der Waals surface area contributed by atoms with Crippen LogP contribution in [0.25, 0.3) is 10.2 Å². The molecule has 0 bridgehead atoms. The molecule has 30 heavy (non-hydrogen) atoms. The molecule has 0 aliphatic heterocycles. The van der Waals surface area contributed by atoms with E-state index >= 15 is 0 Å². The first-order valence-electron chi connectivity index (χ1n) is 10.8. The van der Waals surface area contributed by atoms with E-state index in [-0.39, 0.29) is 5.91 Å². The normalized spacial score (nSPS) is 18.3. The Bertz CT molecular complexity index is 952. The van der Waals surface area contributed by atoms with E-state index in [1.54, 1.807) is 0 Å². The summed E-state index contributed by atoms with van der Waals surface area (Å²) in [6.45, 7) is 7.92. The Morgan fingerprint density at radius 1 is 1.30 bits per heavy atom. The van der Waals surface area contributed by atoms with Crippen molar-refractivity contribution in [3.8, 4) is 0 Å². The van der Waals surface area contributed by atoms with Gasteiger partial charge in [0, 0.05) is 29.9 Å². The molecule has 1 amide bonds. The van der Waals surface area contributed by atoms with Crippen molar-refractivity contribution in [1.82, 2.24) is 10.3 Å². The van der Waals surface area contributed by atoms with Crippen molar-refractivity contribution in [2.45, 2.75) is 52.9 Å². The molecule has 0 spiro atoms. The number of rotatable bonds is 3. The highest BCUT2D eigenvalue weighted by Gasteiger charge is 2.29. The Labute approximate surface area is 183 Å². The molecule has 5 nitrogen and oxygen atoms in total. The predicted octanol–water partition coefficient (Wildman–Crippen LogP) is 4.31. The molecule has 0 radical (unpaired) electrons. The fraction of sp³-hybridized carbons (Fsp3) is 0.500. The van der Waals surface area contributed by atoms with Crippen molar-refractivity contribution in [2.75, 3.05) is 13.1 Å². The number of pyridine rings is 1. The fourth-order valence-corrected chi connectivity index (χ4v) is 4.82. The monoisotopic (exact) mass is 426 g/mol. The molecular weight excluding hydrogens is 392 g/mol. The number of carbonyl (C=O) groups is 1. The number of hydrogen-bond acceptors (Lipinski definition) is 5. The molecule has 1 unspecified atom stereocenters. The number of aryl methyl sites for hydroxylation is 1. The molecule has 4 rings (SSSR count).